The lowest BCUT2D eigenvalue weighted by Gasteiger charge is -2.22. The number of hydrogen-bond donors (Lipinski definition) is 1. The van der Waals surface area contributed by atoms with Crippen molar-refractivity contribution in [2.45, 2.75) is 52.0 Å². The summed E-state index contributed by atoms with van der Waals surface area (Å²) < 4.78 is 10.7. The van der Waals surface area contributed by atoms with Crippen LogP contribution < -0.4 is 10.1 Å². The number of carbonyl (C=O) groups excluding carboxylic acids is 2. The number of Topliss-reactive ketones (excluding diaryl/α,β-unsaturated/α-hetero) is 1. The van der Waals surface area contributed by atoms with Gasteiger partial charge in [-0.2, -0.15) is 5.26 Å². The molecule has 1 aliphatic rings. The van der Waals surface area contributed by atoms with Crippen LogP contribution in [0, 0.1) is 24.2 Å². The maximum absolute atomic E-state index is 12.7. The van der Waals surface area contributed by atoms with Crippen molar-refractivity contribution in [1.29, 1.82) is 5.26 Å². The van der Waals surface area contributed by atoms with Gasteiger partial charge in [0.15, 0.2) is 0 Å². The SMILES string of the molecule is COc1cccc(CCC(=O)Cc2sc3c(c2C#N)CCC(COC(=O)NCc2csc(C)n2)C3)c1. The highest BCUT2D eigenvalue weighted by Gasteiger charge is 2.27. The summed E-state index contributed by atoms with van der Waals surface area (Å²) in [5.41, 5.74) is 3.62. The molecule has 2 heterocycles. The van der Waals surface area contributed by atoms with Gasteiger partial charge in [0.2, 0.25) is 0 Å². The summed E-state index contributed by atoms with van der Waals surface area (Å²) in [6.07, 6.45) is 3.27. The molecule has 1 aromatic carbocycles. The van der Waals surface area contributed by atoms with E-state index in [1.54, 1.807) is 29.8 Å². The van der Waals surface area contributed by atoms with Crippen LogP contribution in [0.2, 0.25) is 0 Å². The molecular formula is C27H29N3O4S2. The summed E-state index contributed by atoms with van der Waals surface area (Å²) in [5, 5.41) is 15.4. The number of alkyl carbamates (subject to hydrolysis) is 1. The van der Waals surface area contributed by atoms with Crippen LogP contribution in [0.3, 0.4) is 0 Å². The molecule has 0 radical (unpaired) electrons. The molecule has 36 heavy (non-hydrogen) atoms. The number of fused-ring (bicyclic) bond motifs is 1. The third-order valence-electron chi connectivity index (χ3n) is 6.27. The van der Waals surface area contributed by atoms with Crippen molar-refractivity contribution >= 4 is 34.6 Å². The van der Waals surface area contributed by atoms with Gasteiger partial charge in [0.1, 0.15) is 17.6 Å². The van der Waals surface area contributed by atoms with E-state index in [1.807, 2.05) is 36.6 Å². The van der Waals surface area contributed by atoms with Gasteiger partial charge < -0.3 is 14.8 Å². The lowest BCUT2D eigenvalue weighted by atomic mass is 9.87. The first-order valence-corrected chi connectivity index (χ1v) is 13.6. The molecule has 1 unspecified atom stereocenters. The maximum atomic E-state index is 12.7. The highest BCUT2D eigenvalue weighted by Crippen LogP contribution is 2.37. The fourth-order valence-electron chi connectivity index (χ4n) is 4.38. The maximum Gasteiger partial charge on any atom is 0.407 e. The lowest BCUT2D eigenvalue weighted by molar-refractivity contribution is -0.118. The summed E-state index contributed by atoms with van der Waals surface area (Å²) in [6.45, 7) is 2.61. The minimum Gasteiger partial charge on any atom is -0.497 e. The third-order valence-corrected chi connectivity index (χ3v) is 8.34. The Morgan fingerprint density at radius 1 is 1.33 bits per heavy atom. The van der Waals surface area contributed by atoms with Gasteiger partial charge in [0.25, 0.3) is 0 Å². The topological polar surface area (TPSA) is 101 Å². The van der Waals surface area contributed by atoms with Crippen molar-refractivity contribution in [3.63, 3.8) is 0 Å². The molecule has 9 heteroatoms. The predicted octanol–water partition coefficient (Wildman–Crippen LogP) is 5.17. The van der Waals surface area contributed by atoms with Crippen LogP contribution in [-0.2, 0) is 41.8 Å². The average Bonchev–Trinajstić information content (AvgIpc) is 3.46. The number of amides is 1. The average molecular weight is 524 g/mol. The normalized spacial score (nSPS) is 14.5. The molecule has 1 amide bonds. The Labute approximate surface area is 219 Å². The molecule has 188 valence electrons. The number of nitrogens with one attached hydrogen (secondary N) is 1. The van der Waals surface area contributed by atoms with Gasteiger partial charge in [-0.1, -0.05) is 12.1 Å². The molecule has 2 aromatic heterocycles. The zero-order valence-electron chi connectivity index (χ0n) is 20.5. The van der Waals surface area contributed by atoms with Crippen molar-refractivity contribution in [2.24, 2.45) is 5.92 Å². The van der Waals surface area contributed by atoms with E-state index >= 15 is 0 Å². The van der Waals surface area contributed by atoms with E-state index in [4.69, 9.17) is 9.47 Å². The smallest absolute Gasteiger partial charge is 0.407 e. The Bertz CT molecular complexity index is 1270. The largest absolute Gasteiger partial charge is 0.497 e. The van der Waals surface area contributed by atoms with Crippen molar-refractivity contribution < 1.29 is 19.1 Å². The summed E-state index contributed by atoms with van der Waals surface area (Å²) in [5.74, 6) is 1.11. The first-order chi connectivity index (χ1) is 17.4. The molecule has 0 fully saturated rings. The number of nitrogens with zero attached hydrogens (tertiary/aromatic N) is 2. The highest BCUT2D eigenvalue weighted by atomic mass is 32.1. The van der Waals surface area contributed by atoms with Crippen molar-refractivity contribution in [3.05, 3.63) is 66.8 Å². The van der Waals surface area contributed by atoms with E-state index in [0.717, 1.165) is 56.6 Å². The van der Waals surface area contributed by atoms with E-state index in [9.17, 15) is 14.9 Å². The van der Waals surface area contributed by atoms with Gasteiger partial charge in [-0.05, 0) is 61.8 Å². The molecule has 7 nitrogen and oxygen atoms in total. The number of aromatic nitrogens is 1. The van der Waals surface area contributed by atoms with E-state index in [2.05, 4.69) is 16.4 Å². The summed E-state index contributed by atoms with van der Waals surface area (Å²) in [7, 11) is 1.63. The number of ketones is 1. The fraction of sp³-hybridized carbons (Fsp3) is 0.407. The Kier molecular flexibility index (Phi) is 8.73. The second kappa shape index (κ2) is 12.2. The molecule has 1 N–H and O–H groups in total. The molecule has 4 rings (SSSR count). The van der Waals surface area contributed by atoms with Gasteiger partial charge in [0.05, 0.1) is 36.5 Å². The van der Waals surface area contributed by atoms with Crippen LogP contribution in [0.1, 0.15) is 50.0 Å². The number of hydrogen-bond acceptors (Lipinski definition) is 8. The summed E-state index contributed by atoms with van der Waals surface area (Å²) >= 11 is 3.11. The zero-order valence-corrected chi connectivity index (χ0v) is 22.1. The predicted molar refractivity (Wildman–Crippen MR) is 140 cm³/mol. The zero-order chi connectivity index (χ0) is 25.5. The molecular weight excluding hydrogens is 494 g/mol. The first kappa shape index (κ1) is 25.9. The van der Waals surface area contributed by atoms with Gasteiger partial charge in [-0.3, -0.25) is 4.79 Å². The molecule has 0 spiro atoms. The van der Waals surface area contributed by atoms with Crippen molar-refractivity contribution in [2.75, 3.05) is 13.7 Å². The van der Waals surface area contributed by atoms with E-state index in [-0.39, 0.29) is 18.1 Å². The van der Waals surface area contributed by atoms with Crippen LogP contribution in [0.25, 0.3) is 0 Å². The number of carbonyl (C=O) groups is 2. The Balaban J connectivity index is 1.28. The number of thiophene rings is 1. The van der Waals surface area contributed by atoms with Gasteiger partial charge in [0, 0.05) is 28.0 Å². The second-order valence-corrected chi connectivity index (χ2v) is 11.2. The fourth-order valence-corrected chi connectivity index (χ4v) is 6.44. The Morgan fingerprint density at radius 3 is 2.94 bits per heavy atom. The third kappa shape index (κ3) is 6.71. The summed E-state index contributed by atoms with van der Waals surface area (Å²) in [4.78, 5) is 31.1. The van der Waals surface area contributed by atoms with Crippen LogP contribution in [0.5, 0.6) is 5.75 Å². The number of methoxy groups -OCH3 is 1. The number of thiazole rings is 1. The van der Waals surface area contributed by atoms with E-state index < -0.39 is 6.09 Å². The highest BCUT2D eigenvalue weighted by molar-refractivity contribution is 7.12. The van der Waals surface area contributed by atoms with Gasteiger partial charge in [-0.15, -0.1) is 22.7 Å². The van der Waals surface area contributed by atoms with Crippen LogP contribution in [0.4, 0.5) is 4.79 Å². The number of benzene rings is 1. The van der Waals surface area contributed by atoms with E-state index in [1.165, 1.54) is 0 Å². The molecule has 0 bridgehead atoms. The Hall–Kier alpha value is -3.22. The number of ether oxygens (including phenoxy) is 2. The second-order valence-electron chi connectivity index (χ2n) is 8.90. The van der Waals surface area contributed by atoms with Crippen LogP contribution in [-0.4, -0.2) is 30.6 Å². The lowest BCUT2D eigenvalue weighted by Crippen LogP contribution is -2.27. The first-order valence-electron chi connectivity index (χ1n) is 11.9. The number of rotatable bonds is 10. The van der Waals surface area contributed by atoms with Crippen LogP contribution in [0.15, 0.2) is 29.6 Å². The molecule has 1 atom stereocenters. The molecule has 0 saturated heterocycles. The Morgan fingerprint density at radius 2 is 2.19 bits per heavy atom. The van der Waals surface area contributed by atoms with Gasteiger partial charge in [-0.25, -0.2) is 9.78 Å². The van der Waals surface area contributed by atoms with E-state index in [0.29, 0.717) is 31.6 Å². The molecule has 3 aromatic rings. The molecule has 0 aliphatic heterocycles. The minimum absolute atomic E-state index is 0.125. The standard InChI is InChI=1S/C27H29N3O4S2/c1-17-30-20(16-35-17)14-29-27(32)34-15-19-7-9-23-24(13-28)26(36-25(23)11-19)12-21(31)8-6-18-4-3-5-22(10-18)33-2/h3-5,10,16,19H,6-9,11-12,14-15H2,1-2H3,(H,29,32). The van der Waals surface area contributed by atoms with Gasteiger partial charge >= 0.3 is 6.09 Å². The van der Waals surface area contributed by atoms with Crippen LogP contribution >= 0.6 is 22.7 Å². The minimum atomic E-state index is -0.447. The summed E-state index contributed by atoms with van der Waals surface area (Å²) in [6, 6.07) is 10.1. The molecule has 0 saturated carbocycles. The monoisotopic (exact) mass is 523 g/mol. The van der Waals surface area contributed by atoms with Crippen molar-refractivity contribution in [3.8, 4) is 11.8 Å². The van der Waals surface area contributed by atoms with Crippen molar-refractivity contribution in [1.82, 2.24) is 10.3 Å². The quantitative estimate of drug-likeness (QED) is 0.393. The number of aryl methyl sites for hydroxylation is 2. The molecule has 1 aliphatic carbocycles. The number of nitriles is 1.